The third-order valence-corrected chi connectivity index (χ3v) is 2.61. The summed E-state index contributed by atoms with van der Waals surface area (Å²) < 4.78 is 1.90. The highest BCUT2D eigenvalue weighted by atomic mass is 16.6. The van der Waals surface area contributed by atoms with Crippen LogP contribution in [0.2, 0.25) is 0 Å². The van der Waals surface area contributed by atoms with Crippen LogP contribution in [0.25, 0.3) is 10.9 Å². The van der Waals surface area contributed by atoms with Crippen molar-refractivity contribution in [2.75, 3.05) is 6.61 Å². The van der Waals surface area contributed by atoms with Crippen LogP contribution in [0, 0.1) is 6.92 Å². The van der Waals surface area contributed by atoms with Crippen molar-refractivity contribution in [1.82, 2.24) is 9.78 Å². The fourth-order valence-electron chi connectivity index (χ4n) is 1.82. The molecule has 0 saturated heterocycles. The van der Waals surface area contributed by atoms with Crippen molar-refractivity contribution in [3.05, 3.63) is 29.5 Å². The van der Waals surface area contributed by atoms with Gasteiger partial charge >= 0.3 is 0 Å². The third kappa shape index (κ3) is 1.86. The number of nitrogens with zero attached hydrogens (tertiary/aromatic N) is 2. The largest absolute Gasteiger partial charge is 0.304 e. The number of aryl methyl sites for hydroxylation is 2. The summed E-state index contributed by atoms with van der Waals surface area (Å²) in [6, 6.07) is 6.32. The van der Waals surface area contributed by atoms with Gasteiger partial charge in [0.15, 0.2) is 0 Å². The molecule has 0 aliphatic heterocycles. The molecule has 0 fully saturated rings. The van der Waals surface area contributed by atoms with E-state index in [2.05, 4.69) is 28.1 Å². The molecule has 2 N–H and O–H groups in total. The predicted molar refractivity (Wildman–Crippen MR) is 59.3 cm³/mol. The third-order valence-electron chi connectivity index (χ3n) is 2.61. The topological polar surface area (TPSA) is 53.1 Å². The van der Waals surface area contributed by atoms with Crippen LogP contribution >= 0.6 is 0 Å². The zero-order valence-electron chi connectivity index (χ0n) is 9.03. The molecule has 1 aromatic carbocycles. The normalized spacial score (nSPS) is 11.1. The maximum Gasteiger partial charge on any atom is 0.0719 e. The lowest BCUT2D eigenvalue weighted by atomic mass is 10.1. The molecule has 1 aromatic heterocycles. The minimum Gasteiger partial charge on any atom is -0.304 e. The predicted octanol–water partition coefficient (Wildman–Crippen LogP) is 1.31. The Kier molecular flexibility index (Phi) is 2.70. The van der Waals surface area contributed by atoms with Gasteiger partial charge in [-0.3, -0.25) is 4.68 Å². The van der Waals surface area contributed by atoms with Gasteiger partial charge in [-0.15, -0.1) is 0 Å². The van der Waals surface area contributed by atoms with E-state index in [1.807, 2.05) is 18.7 Å². The number of rotatable bonds is 3. The van der Waals surface area contributed by atoms with Crippen molar-refractivity contribution in [1.29, 1.82) is 0 Å². The van der Waals surface area contributed by atoms with Gasteiger partial charge in [-0.1, -0.05) is 6.07 Å². The molecule has 0 atom stereocenters. The van der Waals surface area contributed by atoms with Crippen LogP contribution in [0.15, 0.2) is 18.2 Å². The summed E-state index contributed by atoms with van der Waals surface area (Å²) in [7, 11) is 1.96. The molecule has 0 spiro atoms. The van der Waals surface area contributed by atoms with Crippen molar-refractivity contribution in [3.63, 3.8) is 0 Å². The summed E-state index contributed by atoms with van der Waals surface area (Å²) in [5, 5.41) is 5.57. The van der Waals surface area contributed by atoms with Crippen LogP contribution in [-0.4, -0.2) is 16.4 Å². The summed E-state index contributed by atoms with van der Waals surface area (Å²) in [5.41, 5.74) is 3.44. The van der Waals surface area contributed by atoms with Crippen molar-refractivity contribution < 1.29 is 4.84 Å². The summed E-state index contributed by atoms with van der Waals surface area (Å²) in [6.07, 6.45) is 0.834. The van der Waals surface area contributed by atoms with Gasteiger partial charge in [0.05, 0.1) is 17.8 Å². The zero-order chi connectivity index (χ0) is 10.8. The number of nitrogens with two attached hydrogens (primary N) is 1. The van der Waals surface area contributed by atoms with Crippen LogP contribution in [0.1, 0.15) is 11.3 Å². The highest BCUT2D eigenvalue weighted by molar-refractivity contribution is 5.82. The molecule has 2 rings (SSSR count). The van der Waals surface area contributed by atoms with E-state index >= 15 is 0 Å². The Morgan fingerprint density at radius 3 is 3.00 bits per heavy atom. The van der Waals surface area contributed by atoms with Gasteiger partial charge < -0.3 is 4.84 Å². The lowest BCUT2D eigenvalue weighted by Gasteiger charge is -2.00. The van der Waals surface area contributed by atoms with Gasteiger partial charge in [0, 0.05) is 12.4 Å². The van der Waals surface area contributed by atoms with Gasteiger partial charge in [0.1, 0.15) is 0 Å². The molecule has 80 valence electrons. The molecule has 0 radical (unpaired) electrons. The van der Waals surface area contributed by atoms with E-state index < -0.39 is 0 Å². The SMILES string of the molecule is Cc1nn(C)c2ccc(CCON)cc12. The molecule has 0 saturated carbocycles. The average molecular weight is 205 g/mol. The smallest absolute Gasteiger partial charge is 0.0719 e. The first-order valence-electron chi connectivity index (χ1n) is 4.96. The van der Waals surface area contributed by atoms with Crippen LogP contribution in [0.5, 0.6) is 0 Å². The molecule has 1 heterocycles. The first-order chi connectivity index (χ1) is 7.22. The van der Waals surface area contributed by atoms with Crippen molar-refractivity contribution in [2.24, 2.45) is 12.9 Å². The molecule has 0 amide bonds. The summed E-state index contributed by atoms with van der Waals surface area (Å²) >= 11 is 0. The molecule has 4 heteroatoms. The number of benzene rings is 1. The summed E-state index contributed by atoms with van der Waals surface area (Å²) in [6.45, 7) is 2.57. The van der Waals surface area contributed by atoms with E-state index in [-0.39, 0.29) is 0 Å². The van der Waals surface area contributed by atoms with E-state index in [0.717, 1.165) is 17.6 Å². The van der Waals surface area contributed by atoms with Crippen LogP contribution in [0.3, 0.4) is 0 Å². The number of fused-ring (bicyclic) bond motifs is 1. The minimum atomic E-state index is 0.546. The van der Waals surface area contributed by atoms with E-state index in [1.54, 1.807) is 0 Å². The Bertz CT molecular complexity index is 476. The van der Waals surface area contributed by atoms with Crippen LogP contribution in [-0.2, 0) is 18.3 Å². The summed E-state index contributed by atoms with van der Waals surface area (Å²) in [4.78, 5) is 4.57. The molecule has 15 heavy (non-hydrogen) atoms. The van der Waals surface area contributed by atoms with Crippen molar-refractivity contribution >= 4 is 10.9 Å². The molecule has 0 unspecified atom stereocenters. The zero-order valence-corrected chi connectivity index (χ0v) is 9.03. The molecule has 0 aliphatic rings. The maximum atomic E-state index is 5.01. The first kappa shape index (κ1) is 10.1. The quantitative estimate of drug-likeness (QED) is 0.769. The number of aromatic nitrogens is 2. The van der Waals surface area contributed by atoms with Crippen LogP contribution in [0.4, 0.5) is 0 Å². The Hall–Kier alpha value is -1.39. The standard InChI is InChI=1S/C11H15N3O/c1-8-10-7-9(5-6-15-12)3-4-11(10)14(2)13-8/h3-4,7H,5-6,12H2,1-2H3. The van der Waals surface area contributed by atoms with Gasteiger partial charge in [-0.05, 0) is 31.0 Å². The van der Waals surface area contributed by atoms with Gasteiger partial charge in [-0.2, -0.15) is 5.10 Å². The number of hydrogen-bond acceptors (Lipinski definition) is 3. The number of hydrogen-bond donors (Lipinski definition) is 1. The Morgan fingerprint density at radius 1 is 1.47 bits per heavy atom. The lowest BCUT2D eigenvalue weighted by Crippen LogP contribution is -2.03. The van der Waals surface area contributed by atoms with Crippen LogP contribution < -0.4 is 5.90 Å². The molecular weight excluding hydrogens is 190 g/mol. The monoisotopic (exact) mass is 205 g/mol. The second-order valence-electron chi connectivity index (χ2n) is 3.68. The summed E-state index contributed by atoms with van der Waals surface area (Å²) in [5.74, 6) is 5.01. The second kappa shape index (κ2) is 4.00. The minimum absolute atomic E-state index is 0.546. The first-order valence-corrected chi connectivity index (χ1v) is 4.96. The fraction of sp³-hybridized carbons (Fsp3) is 0.364. The van der Waals surface area contributed by atoms with E-state index in [0.29, 0.717) is 6.61 Å². The molecule has 0 bridgehead atoms. The lowest BCUT2D eigenvalue weighted by molar-refractivity contribution is 0.141. The highest BCUT2D eigenvalue weighted by Gasteiger charge is 2.05. The molecular formula is C11H15N3O. The fourth-order valence-corrected chi connectivity index (χ4v) is 1.82. The second-order valence-corrected chi connectivity index (χ2v) is 3.68. The highest BCUT2D eigenvalue weighted by Crippen LogP contribution is 2.19. The Labute approximate surface area is 88.6 Å². The molecule has 0 aliphatic carbocycles. The van der Waals surface area contributed by atoms with Crippen molar-refractivity contribution in [3.8, 4) is 0 Å². The van der Waals surface area contributed by atoms with E-state index in [4.69, 9.17) is 5.90 Å². The Morgan fingerprint density at radius 2 is 2.27 bits per heavy atom. The van der Waals surface area contributed by atoms with Gasteiger partial charge in [0.2, 0.25) is 0 Å². The van der Waals surface area contributed by atoms with Gasteiger partial charge in [0.25, 0.3) is 0 Å². The molecule has 2 aromatic rings. The Balaban J connectivity index is 2.41. The van der Waals surface area contributed by atoms with Crippen molar-refractivity contribution in [2.45, 2.75) is 13.3 Å². The van der Waals surface area contributed by atoms with E-state index in [1.165, 1.54) is 10.9 Å². The molecule has 4 nitrogen and oxygen atoms in total. The van der Waals surface area contributed by atoms with E-state index in [9.17, 15) is 0 Å². The average Bonchev–Trinajstić information content (AvgIpc) is 2.52. The maximum absolute atomic E-state index is 5.01. The van der Waals surface area contributed by atoms with Gasteiger partial charge in [-0.25, -0.2) is 5.90 Å².